The van der Waals surface area contributed by atoms with Crippen LogP contribution in [0.25, 0.3) is 11.2 Å². The van der Waals surface area contributed by atoms with E-state index in [0.717, 1.165) is 11.3 Å². The third kappa shape index (κ3) is 2.12. The maximum atomic E-state index is 12.3. The predicted molar refractivity (Wildman–Crippen MR) is 77.6 cm³/mol. The third-order valence-electron chi connectivity index (χ3n) is 3.07. The van der Waals surface area contributed by atoms with Crippen molar-refractivity contribution < 1.29 is 4.74 Å². The summed E-state index contributed by atoms with van der Waals surface area (Å²) in [6.45, 7) is 0.396. The van der Waals surface area contributed by atoms with E-state index in [2.05, 4.69) is 15.0 Å². The van der Waals surface area contributed by atoms with Crippen molar-refractivity contribution in [2.24, 2.45) is 0 Å². The first kappa shape index (κ1) is 12.6. The van der Waals surface area contributed by atoms with Gasteiger partial charge in [-0.15, -0.1) is 0 Å². The zero-order chi connectivity index (χ0) is 14.1. The van der Waals surface area contributed by atoms with Crippen molar-refractivity contribution in [3.63, 3.8) is 0 Å². The number of rotatable bonds is 3. The molecule has 0 fully saturated rings. The molecule has 0 aliphatic heterocycles. The minimum atomic E-state index is -0.183. The van der Waals surface area contributed by atoms with E-state index in [0.29, 0.717) is 22.5 Å². The van der Waals surface area contributed by atoms with Crippen LogP contribution >= 0.6 is 12.2 Å². The number of nitrogens with zero attached hydrogens (tertiary/aromatic N) is 2. The van der Waals surface area contributed by atoms with Gasteiger partial charge in [0.15, 0.2) is 10.4 Å². The summed E-state index contributed by atoms with van der Waals surface area (Å²) in [6, 6.07) is 7.50. The topological polar surface area (TPSA) is 75.7 Å². The van der Waals surface area contributed by atoms with Gasteiger partial charge in [0.25, 0.3) is 5.56 Å². The number of hydrogen-bond donors (Lipinski definition) is 2. The molecule has 3 aromatic rings. The largest absolute Gasteiger partial charge is 0.497 e. The van der Waals surface area contributed by atoms with Crippen LogP contribution in [0.2, 0.25) is 0 Å². The van der Waals surface area contributed by atoms with Crippen LogP contribution in [0.5, 0.6) is 5.75 Å². The molecule has 0 saturated heterocycles. The molecule has 0 bridgehead atoms. The first-order chi connectivity index (χ1) is 9.69. The smallest absolute Gasteiger partial charge is 0.280 e. The number of benzene rings is 1. The number of aromatic amines is 2. The van der Waals surface area contributed by atoms with Gasteiger partial charge in [0, 0.05) is 0 Å². The molecule has 20 heavy (non-hydrogen) atoms. The molecule has 6 nitrogen and oxygen atoms in total. The Hall–Kier alpha value is -2.41. The number of methoxy groups -OCH3 is 1. The lowest BCUT2D eigenvalue weighted by molar-refractivity contribution is 0.414. The van der Waals surface area contributed by atoms with E-state index in [-0.39, 0.29) is 5.56 Å². The Kier molecular flexibility index (Phi) is 3.11. The summed E-state index contributed by atoms with van der Waals surface area (Å²) in [6.07, 6.45) is 1.47. The zero-order valence-corrected chi connectivity index (χ0v) is 11.5. The SMILES string of the molecule is COc1ccc(Cn2c(=S)[nH]c3nc[nH]c3c2=O)cc1. The maximum Gasteiger partial charge on any atom is 0.280 e. The van der Waals surface area contributed by atoms with Gasteiger partial charge < -0.3 is 14.7 Å². The molecule has 2 N–H and O–H groups in total. The molecule has 0 spiro atoms. The lowest BCUT2D eigenvalue weighted by Crippen LogP contribution is -2.22. The Bertz CT molecular complexity index is 860. The molecule has 0 amide bonds. The fourth-order valence-corrected chi connectivity index (χ4v) is 2.25. The standard InChI is InChI=1S/C13H12N4O2S/c1-19-9-4-2-8(3-5-9)6-17-12(18)10-11(15-7-14-10)16-13(17)20/h2-5,7H,6H2,1H3,(H,14,15)(H,16,20). The molecule has 1 aromatic carbocycles. The number of nitrogens with one attached hydrogen (secondary N) is 2. The van der Waals surface area contributed by atoms with Crippen molar-refractivity contribution in [3.05, 3.63) is 51.3 Å². The molecule has 0 atom stereocenters. The Morgan fingerprint density at radius 3 is 2.80 bits per heavy atom. The highest BCUT2D eigenvalue weighted by atomic mass is 32.1. The molecule has 2 heterocycles. The molecular formula is C13H12N4O2S. The van der Waals surface area contributed by atoms with Crippen molar-refractivity contribution in [1.82, 2.24) is 19.5 Å². The summed E-state index contributed by atoms with van der Waals surface area (Å²) in [5.41, 5.74) is 1.68. The quantitative estimate of drug-likeness (QED) is 0.721. The zero-order valence-electron chi connectivity index (χ0n) is 10.7. The van der Waals surface area contributed by atoms with Gasteiger partial charge in [0.2, 0.25) is 0 Å². The number of fused-ring (bicyclic) bond motifs is 1. The molecule has 0 radical (unpaired) electrons. The van der Waals surface area contributed by atoms with E-state index in [9.17, 15) is 4.79 Å². The molecule has 0 unspecified atom stereocenters. The van der Waals surface area contributed by atoms with Gasteiger partial charge >= 0.3 is 0 Å². The number of H-pyrrole nitrogens is 2. The fraction of sp³-hybridized carbons (Fsp3) is 0.154. The summed E-state index contributed by atoms with van der Waals surface area (Å²) < 4.78 is 6.96. The molecule has 0 saturated carbocycles. The lowest BCUT2D eigenvalue weighted by atomic mass is 10.2. The van der Waals surface area contributed by atoms with Gasteiger partial charge in [-0.2, -0.15) is 0 Å². The average molecular weight is 288 g/mol. The number of aromatic nitrogens is 4. The van der Waals surface area contributed by atoms with Gasteiger partial charge in [-0.3, -0.25) is 9.36 Å². The molecule has 7 heteroatoms. The second kappa shape index (κ2) is 4.93. The number of imidazole rings is 1. The predicted octanol–water partition coefficient (Wildman–Crippen LogP) is 1.84. The molecule has 2 aromatic heterocycles. The van der Waals surface area contributed by atoms with E-state index in [1.54, 1.807) is 7.11 Å². The van der Waals surface area contributed by atoms with E-state index in [4.69, 9.17) is 17.0 Å². The molecule has 0 aliphatic rings. The van der Waals surface area contributed by atoms with Crippen LogP contribution in [0.15, 0.2) is 35.4 Å². The third-order valence-corrected chi connectivity index (χ3v) is 3.39. The second-order valence-electron chi connectivity index (χ2n) is 4.30. The van der Waals surface area contributed by atoms with Crippen molar-refractivity contribution in [3.8, 4) is 5.75 Å². The van der Waals surface area contributed by atoms with Crippen LogP contribution in [-0.4, -0.2) is 26.6 Å². The highest BCUT2D eigenvalue weighted by Crippen LogP contribution is 2.12. The van der Waals surface area contributed by atoms with Gasteiger partial charge in [-0.1, -0.05) is 12.1 Å². The summed E-state index contributed by atoms with van der Waals surface area (Å²) in [5, 5.41) is 0. The van der Waals surface area contributed by atoms with Crippen molar-refractivity contribution in [2.45, 2.75) is 6.54 Å². The maximum absolute atomic E-state index is 12.3. The second-order valence-corrected chi connectivity index (χ2v) is 4.68. The van der Waals surface area contributed by atoms with Crippen LogP contribution in [0.3, 0.4) is 0 Å². The first-order valence-electron chi connectivity index (χ1n) is 5.98. The summed E-state index contributed by atoms with van der Waals surface area (Å²) in [4.78, 5) is 22.1. The first-order valence-corrected chi connectivity index (χ1v) is 6.39. The summed E-state index contributed by atoms with van der Waals surface area (Å²) in [5.74, 6) is 0.773. The van der Waals surface area contributed by atoms with Crippen molar-refractivity contribution in [1.29, 1.82) is 0 Å². The molecule has 102 valence electrons. The van der Waals surface area contributed by atoms with E-state index < -0.39 is 0 Å². The van der Waals surface area contributed by atoms with Crippen molar-refractivity contribution >= 4 is 23.4 Å². The number of ether oxygens (including phenoxy) is 1. The highest BCUT2D eigenvalue weighted by Gasteiger charge is 2.08. The van der Waals surface area contributed by atoms with Gasteiger partial charge in [0.1, 0.15) is 11.3 Å². The Balaban J connectivity index is 2.05. The monoisotopic (exact) mass is 288 g/mol. The van der Waals surface area contributed by atoms with Crippen LogP contribution in [0.4, 0.5) is 0 Å². The Labute approximate surface area is 119 Å². The van der Waals surface area contributed by atoms with E-state index in [1.807, 2.05) is 24.3 Å². The van der Waals surface area contributed by atoms with Crippen LogP contribution in [0, 0.1) is 4.77 Å². The van der Waals surface area contributed by atoms with Gasteiger partial charge in [-0.25, -0.2) is 4.98 Å². The van der Waals surface area contributed by atoms with Crippen LogP contribution < -0.4 is 10.3 Å². The van der Waals surface area contributed by atoms with E-state index >= 15 is 0 Å². The van der Waals surface area contributed by atoms with Crippen LogP contribution in [0.1, 0.15) is 5.56 Å². The fourth-order valence-electron chi connectivity index (χ4n) is 2.01. The Morgan fingerprint density at radius 2 is 2.10 bits per heavy atom. The minimum absolute atomic E-state index is 0.183. The Morgan fingerprint density at radius 1 is 1.35 bits per heavy atom. The summed E-state index contributed by atoms with van der Waals surface area (Å²) in [7, 11) is 1.61. The molecule has 3 rings (SSSR count). The van der Waals surface area contributed by atoms with Gasteiger partial charge in [0.05, 0.1) is 20.0 Å². The average Bonchev–Trinajstić information content (AvgIpc) is 2.92. The molecule has 0 aliphatic carbocycles. The molecular weight excluding hydrogens is 276 g/mol. The summed E-state index contributed by atoms with van der Waals surface area (Å²) >= 11 is 5.21. The number of hydrogen-bond acceptors (Lipinski definition) is 4. The van der Waals surface area contributed by atoms with Gasteiger partial charge in [-0.05, 0) is 29.9 Å². The lowest BCUT2D eigenvalue weighted by Gasteiger charge is -2.07. The normalized spacial score (nSPS) is 10.8. The minimum Gasteiger partial charge on any atom is -0.497 e. The van der Waals surface area contributed by atoms with Crippen LogP contribution in [-0.2, 0) is 6.54 Å². The van der Waals surface area contributed by atoms with E-state index in [1.165, 1.54) is 10.9 Å². The van der Waals surface area contributed by atoms with Crippen molar-refractivity contribution in [2.75, 3.05) is 7.11 Å². The highest BCUT2D eigenvalue weighted by molar-refractivity contribution is 7.71.